The molecule has 0 saturated carbocycles. The van der Waals surface area contributed by atoms with E-state index in [1.165, 1.54) is 11.1 Å². The molecule has 0 spiro atoms. The summed E-state index contributed by atoms with van der Waals surface area (Å²) in [5, 5.41) is 0. The number of benzene rings is 2. The smallest absolute Gasteiger partial charge is 0.142 e. The number of nitrogen functional groups attached to an aromatic ring is 1. The minimum atomic E-state index is -0.0283. The second-order valence-corrected chi connectivity index (χ2v) is 4.70. The highest BCUT2D eigenvalue weighted by Crippen LogP contribution is 2.35. The third kappa shape index (κ3) is 2.17. The van der Waals surface area contributed by atoms with Gasteiger partial charge in [0.1, 0.15) is 11.9 Å². The van der Waals surface area contributed by atoms with Crippen molar-refractivity contribution in [2.24, 2.45) is 0 Å². The van der Waals surface area contributed by atoms with Crippen molar-refractivity contribution in [3.63, 3.8) is 0 Å². The molecule has 0 radical (unpaired) electrons. The van der Waals surface area contributed by atoms with Gasteiger partial charge < -0.3 is 15.2 Å². The number of fused-ring (bicyclic) bond motifs is 1. The normalized spacial score (nSPS) is 17.8. The molecule has 0 bridgehead atoms. The molecule has 19 heavy (non-hydrogen) atoms. The van der Waals surface area contributed by atoms with Crippen molar-refractivity contribution in [3.05, 3.63) is 59.2 Å². The van der Waals surface area contributed by atoms with Gasteiger partial charge in [-0.15, -0.1) is 0 Å². The molecule has 3 rings (SSSR count). The Morgan fingerprint density at radius 3 is 2.89 bits per heavy atom. The molecular weight excluding hydrogens is 238 g/mol. The van der Waals surface area contributed by atoms with E-state index in [2.05, 4.69) is 24.3 Å². The van der Waals surface area contributed by atoms with Crippen LogP contribution in [0.5, 0.6) is 5.75 Å². The van der Waals surface area contributed by atoms with Crippen LogP contribution in [0.3, 0.4) is 0 Å². The first kappa shape index (κ1) is 12.1. The first-order chi connectivity index (χ1) is 9.29. The van der Waals surface area contributed by atoms with Gasteiger partial charge in [-0.3, -0.25) is 0 Å². The molecule has 2 N–H and O–H groups in total. The molecule has 0 saturated heterocycles. The van der Waals surface area contributed by atoms with E-state index in [1.807, 2.05) is 18.2 Å². The number of nitrogens with two attached hydrogens (primary N) is 1. The number of hydrogen-bond acceptors (Lipinski definition) is 3. The zero-order chi connectivity index (χ0) is 13.2. The lowest BCUT2D eigenvalue weighted by atomic mass is 9.93. The molecule has 3 heteroatoms. The fraction of sp³-hybridized carbons (Fsp3) is 0.250. The van der Waals surface area contributed by atoms with E-state index in [1.54, 1.807) is 7.11 Å². The third-order valence-corrected chi connectivity index (χ3v) is 3.55. The quantitative estimate of drug-likeness (QED) is 0.839. The van der Waals surface area contributed by atoms with E-state index in [0.29, 0.717) is 11.4 Å². The van der Waals surface area contributed by atoms with E-state index >= 15 is 0 Å². The Hall–Kier alpha value is -2.00. The molecule has 1 aliphatic heterocycles. The van der Waals surface area contributed by atoms with Crippen molar-refractivity contribution < 1.29 is 9.47 Å². The lowest BCUT2D eigenvalue weighted by molar-refractivity contribution is 0.0697. The average molecular weight is 255 g/mol. The highest BCUT2D eigenvalue weighted by atomic mass is 16.5. The monoisotopic (exact) mass is 255 g/mol. The summed E-state index contributed by atoms with van der Waals surface area (Å²) in [6, 6.07) is 14.3. The summed E-state index contributed by atoms with van der Waals surface area (Å²) >= 11 is 0. The fourth-order valence-electron chi connectivity index (χ4n) is 2.56. The highest BCUT2D eigenvalue weighted by molar-refractivity contribution is 5.55. The van der Waals surface area contributed by atoms with E-state index in [9.17, 15) is 0 Å². The average Bonchev–Trinajstić information content (AvgIpc) is 2.47. The van der Waals surface area contributed by atoms with Crippen LogP contribution in [0.1, 0.15) is 22.8 Å². The van der Waals surface area contributed by atoms with Gasteiger partial charge in [-0.1, -0.05) is 30.3 Å². The van der Waals surface area contributed by atoms with Gasteiger partial charge in [-0.2, -0.15) is 0 Å². The van der Waals surface area contributed by atoms with Gasteiger partial charge in [0.2, 0.25) is 0 Å². The Bertz CT molecular complexity index is 595. The van der Waals surface area contributed by atoms with Crippen molar-refractivity contribution in [3.8, 4) is 5.75 Å². The predicted octanol–water partition coefficient (Wildman–Crippen LogP) is 2.94. The van der Waals surface area contributed by atoms with Gasteiger partial charge in [0.15, 0.2) is 0 Å². The van der Waals surface area contributed by atoms with E-state index < -0.39 is 0 Å². The number of hydrogen-bond donors (Lipinski definition) is 1. The van der Waals surface area contributed by atoms with Crippen molar-refractivity contribution in [1.82, 2.24) is 0 Å². The van der Waals surface area contributed by atoms with Crippen molar-refractivity contribution >= 4 is 5.69 Å². The van der Waals surface area contributed by atoms with Crippen molar-refractivity contribution in [1.29, 1.82) is 0 Å². The molecule has 3 nitrogen and oxygen atoms in total. The number of anilines is 1. The second kappa shape index (κ2) is 4.94. The van der Waals surface area contributed by atoms with E-state index in [4.69, 9.17) is 15.2 Å². The minimum absolute atomic E-state index is 0.0283. The van der Waals surface area contributed by atoms with Gasteiger partial charge >= 0.3 is 0 Å². The Kier molecular flexibility index (Phi) is 3.13. The third-order valence-electron chi connectivity index (χ3n) is 3.55. The Balaban J connectivity index is 2.04. The Morgan fingerprint density at radius 2 is 2.05 bits per heavy atom. The van der Waals surface area contributed by atoms with Gasteiger partial charge in [0, 0.05) is 0 Å². The topological polar surface area (TPSA) is 44.5 Å². The summed E-state index contributed by atoms with van der Waals surface area (Å²) in [6.07, 6.45) is 0.943. The van der Waals surface area contributed by atoms with Crippen LogP contribution in [0.15, 0.2) is 42.5 Å². The van der Waals surface area contributed by atoms with Crippen LogP contribution in [-0.2, 0) is 11.2 Å². The molecule has 1 atom stereocenters. The molecular formula is C16H17NO2. The maximum atomic E-state index is 5.93. The molecule has 98 valence electrons. The molecule has 0 fully saturated rings. The predicted molar refractivity (Wildman–Crippen MR) is 75.3 cm³/mol. The maximum Gasteiger partial charge on any atom is 0.142 e. The van der Waals surface area contributed by atoms with Crippen molar-refractivity contribution in [2.75, 3.05) is 19.5 Å². The van der Waals surface area contributed by atoms with Crippen LogP contribution in [-0.4, -0.2) is 13.7 Å². The Labute approximate surface area is 113 Å². The van der Waals surface area contributed by atoms with Crippen LogP contribution < -0.4 is 10.5 Å². The highest BCUT2D eigenvalue weighted by Gasteiger charge is 2.22. The van der Waals surface area contributed by atoms with Gasteiger partial charge in [0.05, 0.1) is 19.4 Å². The SMILES string of the molecule is COc1cc(C2OCCc3ccccc32)ccc1N. The maximum absolute atomic E-state index is 5.93. The lowest BCUT2D eigenvalue weighted by Crippen LogP contribution is -2.17. The van der Waals surface area contributed by atoms with Crippen LogP contribution in [0.25, 0.3) is 0 Å². The first-order valence-electron chi connectivity index (χ1n) is 6.42. The minimum Gasteiger partial charge on any atom is -0.495 e. The Morgan fingerprint density at radius 1 is 1.21 bits per heavy atom. The lowest BCUT2D eigenvalue weighted by Gasteiger charge is -2.26. The zero-order valence-electron chi connectivity index (χ0n) is 10.9. The fourth-order valence-corrected chi connectivity index (χ4v) is 2.56. The van der Waals surface area contributed by atoms with Crippen LogP contribution in [0.4, 0.5) is 5.69 Å². The molecule has 0 aliphatic carbocycles. The molecule has 0 amide bonds. The molecule has 1 heterocycles. The van der Waals surface area contributed by atoms with Gasteiger partial charge in [-0.25, -0.2) is 0 Å². The molecule has 2 aromatic rings. The van der Waals surface area contributed by atoms with Gasteiger partial charge in [-0.05, 0) is 35.2 Å². The summed E-state index contributed by atoms with van der Waals surface area (Å²) in [5.74, 6) is 0.698. The largest absolute Gasteiger partial charge is 0.495 e. The summed E-state index contributed by atoms with van der Waals surface area (Å²) < 4.78 is 11.2. The molecule has 2 aromatic carbocycles. The second-order valence-electron chi connectivity index (χ2n) is 4.70. The number of ether oxygens (including phenoxy) is 2. The standard InChI is InChI=1S/C16H17NO2/c1-18-15-10-12(6-7-14(15)17)16-13-5-3-2-4-11(13)8-9-19-16/h2-7,10,16H,8-9,17H2,1H3. The van der Waals surface area contributed by atoms with Crippen LogP contribution >= 0.6 is 0 Å². The molecule has 1 unspecified atom stereocenters. The first-order valence-corrected chi connectivity index (χ1v) is 6.42. The summed E-state index contributed by atoms with van der Waals surface area (Å²) in [6.45, 7) is 0.744. The summed E-state index contributed by atoms with van der Waals surface area (Å²) in [5.41, 5.74) is 10.2. The zero-order valence-corrected chi connectivity index (χ0v) is 10.9. The van der Waals surface area contributed by atoms with Crippen LogP contribution in [0.2, 0.25) is 0 Å². The van der Waals surface area contributed by atoms with Crippen molar-refractivity contribution in [2.45, 2.75) is 12.5 Å². The number of rotatable bonds is 2. The van der Waals surface area contributed by atoms with E-state index in [0.717, 1.165) is 18.6 Å². The van der Waals surface area contributed by atoms with Crippen LogP contribution in [0, 0.1) is 0 Å². The molecule has 1 aliphatic rings. The summed E-state index contributed by atoms with van der Waals surface area (Å²) in [7, 11) is 1.63. The van der Waals surface area contributed by atoms with Gasteiger partial charge in [0.25, 0.3) is 0 Å². The molecule has 0 aromatic heterocycles. The van der Waals surface area contributed by atoms with E-state index in [-0.39, 0.29) is 6.10 Å². The number of methoxy groups -OCH3 is 1. The summed E-state index contributed by atoms with van der Waals surface area (Å²) in [4.78, 5) is 0.